The van der Waals surface area contributed by atoms with Gasteiger partial charge in [-0.25, -0.2) is 4.98 Å². The number of carbonyl (C=O) groups excluding carboxylic acids is 1. The van der Waals surface area contributed by atoms with Crippen LogP contribution >= 0.6 is 34.8 Å². The van der Waals surface area contributed by atoms with Crippen molar-refractivity contribution >= 4 is 46.5 Å². The summed E-state index contributed by atoms with van der Waals surface area (Å²) in [6, 6.07) is 17.4. The molecule has 27 heavy (non-hydrogen) atoms. The van der Waals surface area contributed by atoms with Gasteiger partial charge in [-0.3, -0.25) is 4.79 Å². The number of carbonyl (C=O) groups is 1. The highest BCUT2D eigenvalue weighted by Gasteiger charge is 2.22. The minimum Gasteiger partial charge on any atom is -0.359 e. The van der Waals surface area contributed by atoms with Crippen LogP contribution < -0.4 is 5.32 Å². The second-order valence-electron chi connectivity index (χ2n) is 5.70. The Bertz CT molecular complexity index is 918. The van der Waals surface area contributed by atoms with Gasteiger partial charge in [0, 0.05) is 11.2 Å². The highest BCUT2D eigenvalue weighted by Crippen LogP contribution is 2.26. The average Bonchev–Trinajstić information content (AvgIpc) is 2.67. The first kappa shape index (κ1) is 19.6. The highest BCUT2D eigenvalue weighted by atomic mass is 35.5. The number of aromatic nitrogens is 1. The summed E-state index contributed by atoms with van der Waals surface area (Å²) in [6.45, 7) is 0.180. The molecule has 0 aliphatic rings. The monoisotopic (exact) mass is 420 g/mol. The molecule has 1 heterocycles. The molecular weight excluding hydrogens is 407 g/mol. The number of nitrogens with one attached hydrogen (secondary N) is 1. The number of hydrogen-bond donors (Lipinski definition) is 1. The minimum atomic E-state index is -0.848. The third kappa shape index (κ3) is 5.44. The summed E-state index contributed by atoms with van der Waals surface area (Å²) in [7, 11) is 0. The molecule has 0 aliphatic carbocycles. The topological polar surface area (TPSA) is 51.2 Å². The zero-order valence-corrected chi connectivity index (χ0v) is 16.3. The molecule has 3 rings (SSSR count). The van der Waals surface area contributed by atoms with Gasteiger partial charge in [-0.05, 0) is 47.5 Å². The summed E-state index contributed by atoms with van der Waals surface area (Å²) >= 11 is 17.9. The molecule has 0 saturated heterocycles. The second kappa shape index (κ2) is 9.20. The molecular formula is C20H15Cl3N2O2. The number of ether oxygens (including phenoxy) is 1. The maximum Gasteiger partial charge on any atom is 0.259 e. The Kier molecular flexibility index (Phi) is 6.69. The Labute approximate surface area is 172 Å². The van der Waals surface area contributed by atoms with Crippen LogP contribution in [0.3, 0.4) is 0 Å². The number of pyridine rings is 1. The normalized spacial score (nSPS) is 11.8. The third-order valence-electron chi connectivity index (χ3n) is 3.73. The van der Waals surface area contributed by atoms with Crippen molar-refractivity contribution in [3.63, 3.8) is 0 Å². The molecule has 0 aliphatic heterocycles. The Morgan fingerprint density at radius 3 is 2.44 bits per heavy atom. The number of amides is 1. The first-order chi connectivity index (χ1) is 13.0. The van der Waals surface area contributed by atoms with E-state index in [2.05, 4.69) is 10.3 Å². The molecule has 2 aromatic carbocycles. The van der Waals surface area contributed by atoms with Crippen LogP contribution in [0.4, 0.5) is 5.82 Å². The van der Waals surface area contributed by atoms with E-state index >= 15 is 0 Å². The van der Waals surface area contributed by atoms with Crippen molar-refractivity contribution in [3.8, 4) is 0 Å². The predicted octanol–water partition coefficient (Wildman–Crippen LogP) is 5.94. The molecule has 1 atom stereocenters. The third-order valence-corrected chi connectivity index (χ3v) is 4.72. The van der Waals surface area contributed by atoms with Crippen molar-refractivity contribution in [2.24, 2.45) is 0 Å². The van der Waals surface area contributed by atoms with E-state index in [0.29, 0.717) is 26.4 Å². The van der Waals surface area contributed by atoms with E-state index in [1.54, 1.807) is 66.9 Å². The lowest BCUT2D eigenvalue weighted by atomic mass is 10.1. The van der Waals surface area contributed by atoms with Gasteiger partial charge in [-0.15, -0.1) is 0 Å². The predicted molar refractivity (Wildman–Crippen MR) is 108 cm³/mol. The first-order valence-electron chi connectivity index (χ1n) is 8.06. The molecule has 0 spiro atoms. The molecule has 0 bridgehead atoms. The molecule has 1 amide bonds. The summed E-state index contributed by atoms with van der Waals surface area (Å²) in [5, 5.41) is 4.22. The van der Waals surface area contributed by atoms with E-state index < -0.39 is 6.10 Å². The molecule has 1 aromatic heterocycles. The fraction of sp³-hybridized carbons (Fsp3) is 0.100. The van der Waals surface area contributed by atoms with Gasteiger partial charge in [0.15, 0.2) is 6.10 Å². The zero-order valence-electron chi connectivity index (χ0n) is 14.0. The van der Waals surface area contributed by atoms with Crippen LogP contribution in [0.15, 0.2) is 66.9 Å². The number of hydrogen-bond acceptors (Lipinski definition) is 3. The first-order valence-corrected chi connectivity index (χ1v) is 9.19. The maximum atomic E-state index is 12.8. The van der Waals surface area contributed by atoms with Crippen LogP contribution in [-0.2, 0) is 16.1 Å². The smallest absolute Gasteiger partial charge is 0.259 e. The average molecular weight is 422 g/mol. The van der Waals surface area contributed by atoms with Crippen LogP contribution in [0, 0.1) is 0 Å². The van der Waals surface area contributed by atoms with Gasteiger partial charge in [0.1, 0.15) is 5.82 Å². The number of anilines is 1. The summed E-state index contributed by atoms with van der Waals surface area (Å²) in [4.78, 5) is 16.9. The quantitative estimate of drug-likeness (QED) is 0.536. The zero-order chi connectivity index (χ0) is 19.2. The standard InChI is InChI=1S/C20H15Cl3N2O2/c21-15-7-5-14(6-8-15)19(20(26)25-18-3-1-2-10-24-18)27-12-13-4-9-16(22)17(23)11-13/h1-11,19H,12H2,(H,24,25,26). The van der Waals surface area contributed by atoms with Crippen molar-refractivity contribution in [1.82, 2.24) is 4.98 Å². The van der Waals surface area contributed by atoms with Gasteiger partial charge in [0.05, 0.1) is 16.7 Å². The van der Waals surface area contributed by atoms with E-state index in [4.69, 9.17) is 39.5 Å². The maximum absolute atomic E-state index is 12.8. The molecule has 1 unspecified atom stereocenters. The van der Waals surface area contributed by atoms with Crippen LogP contribution in [0.1, 0.15) is 17.2 Å². The second-order valence-corrected chi connectivity index (χ2v) is 6.95. The number of benzene rings is 2. The number of rotatable bonds is 6. The lowest BCUT2D eigenvalue weighted by Gasteiger charge is -2.18. The lowest BCUT2D eigenvalue weighted by molar-refractivity contribution is -0.128. The van der Waals surface area contributed by atoms with Crippen LogP contribution in [0.2, 0.25) is 15.1 Å². The minimum absolute atomic E-state index is 0.180. The Morgan fingerprint density at radius 2 is 1.78 bits per heavy atom. The molecule has 3 aromatic rings. The van der Waals surface area contributed by atoms with Gasteiger partial charge in [0.25, 0.3) is 5.91 Å². The summed E-state index contributed by atoms with van der Waals surface area (Å²) in [5.74, 6) is 0.107. The van der Waals surface area contributed by atoms with Crippen molar-refractivity contribution in [2.45, 2.75) is 12.7 Å². The fourth-order valence-corrected chi connectivity index (χ4v) is 2.84. The van der Waals surface area contributed by atoms with Crippen LogP contribution in [-0.4, -0.2) is 10.9 Å². The lowest BCUT2D eigenvalue weighted by Crippen LogP contribution is -2.24. The van der Waals surface area contributed by atoms with E-state index in [-0.39, 0.29) is 12.5 Å². The van der Waals surface area contributed by atoms with Crippen LogP contribution in [0.25, 0.3) is 0 Å². The fourth-order valence-electron chi connectivity index (χ4n) is 2.40. The van der Waals surface area contributed by atoms with Crippen LogP contribution in [0.5, 0.6) is 0 Å². The molecule has 7 heteroatoms. The van der Waals surface area contributed by atoms with E-state index in [1.807, 2.05) is 0 Å². The van der Waals surface area contributed by atoms with Crippen molar-refractivity contribution in [3.05, 3.63) is 93.1 Å². The van der Waals surface area contributed by atoms with Gasteiger partial charge in [0.2, 0.25) is 0 Å². The number of halogens is 3. The van der Waals surface area contributed by atoms with Crippen molar-refractivity contribution in [2.75, 3.05) is 5.32 Å². The van der Waals surface area contributed by atoms with Gasteiger partial charge < -0.3 is 10.1 Å². The molecule has 138 valence electrons. The molecule has 1 N–H and O–H groups in total. The van der Waals surface area contributed by atoms with Gasteiger partial charge in [-0.1, -0.05) is 59.1 Å². The highest BCUT2D eigenvalue weighted by molar-refractivity contribution is 6.42. The largest absolute Gasteiger partial charge is 0.359 e. The Hall–Kier alpha value is -2.11. The van der Waals surface area contributed by atoms with Gasteiger partial charge >= 0.3 is 0 Å². The van der Waals surface area contributed by atoms with E-state index in [9.17, 15) is 4.79 Å². The van der Waals surface area contributed by atoms with Crippen molar-refractivity contribution < 1.29 is 9.53 Å². The Morgan fingerprint density at radius 1 is 1.00 bits per heavy atom. The van der Waals surface area contributed by atoms with E-state index in [0.717, 1.165) is 5.56 Å². The molecule has 4 nitrogen and oxygen atoms in total. The molecule has 0 radical (unpaired) electrons. The van der Waals surface area contributed by atoms with Crippen molar-refractivity contribution in [1.29, 1.82) is 0 Å². The number of nitrogens with zero attached hydrogens (tertiary/aromatic N) is 1. The SMILES string of the molecule is O=C(Nc1ccccn1)C(OCc1ccc(Cl)c(Cl)c1)c1ccc(Cl)cc1. The molecule has 0 fully saturated rings. The Balaban J connectivity index is 1.79. The van der Waals surface area contributed by atoms with Gasteiger partial charge in [-0.2, -0.15) is 0 Å². The summed E-state index contributed by atoms with van der Waals surface area (Å²) in [6.07, 6.45) is 0.752. The van der Waals surface area contributed by atoms with E-state index in [1.165, 1.54) is 0 Å². The summed E-state index contributed by atoms with van der Waals surface area (Å²) < 4.78 is 5.90. The molecule has 0 saturated carbocycles. The summed E-state index contributed by atoms with van der Waals surface area (Å²) in [5.41, 5.74) is 1.47.